The van der Waals surface area contributed by atoms with E-state index in [1.165, 1.54) is 23.1 Å². The summed E-state index contributed by atoms with van der Waals surface area (Å²) in [5.41, 5.74) is 4.24. The minimum atomic E-state index is -0.748. The molecule has 164 valence electrons. The van der Waals surface area contributed by atoms with Gasteiger partial charge in [-0.25, -0.2) is 4.39 Å². The Morgan fingerprint density at radius 2 is 1.93 bits per heavy atom. The maximum atomic E-state index is 13.6. The van der Waals surface area contributed by atoms with Gasteiger partial charge in [-0.05, 0) is 86.2 Å². The summed E-state index contributed by atoms with van der Waals surface area (Å²) in [6.45, 7) is 23.3. The van der Waals surface area contributed by atoms with Crippen molar-refractivity contribution in [1.82, 2.24) is 0 Å². The average molecular weight is 401 g/mol. The van der Waals surface area contributed by atoms with Crippen LogP contribution in [0.5, 0.6) is 0 Å². The number of hydrogen-bond acceptors (Lipinski definition) is 0. The first-order valence-corrected chi connectivity index (χ1v) is 11.7. The minimum Gasteiger partial charge on any atom is -0.248 e. The molecule has 0 spiro atoms. The monoisotopic (exact) mass is 400 g/mol. The van der Waals surface area contributed by atoms with Crippen LogP contribution in [-0.2, 0) is 0 Å². The number of halogens is 1. The molecule has 1 rings (SSSR count). The zero-order valence-corrected chi connectivity index (χ0v) is 19.8. The Labute approximate surface area is 180 Å². The molecule has 1 saturated carbocycles. The molecule has 0 bridgehead atoms. The highest BCUT2D eigenvalue weighted by molar-refractivity contribution is 5.39. The smallest absolute Gasteiger partial charge is 0.0973 e. The summed E-state index contributed by atoms with van der Waals surface area (Å²) in [6, 6.07) is 0. The van der Waals surface area contributed by atoms with Gasteiger partial charge in [0.1, 0.15) is 0 Å². The van der Waals surface area contributed by atoms with Crippen molar-refractivity contribution >= 4 is 0 Å². The second kappa shape index (κ2) is 12.4. The molecule has 0 aliphatic heterocycles. The Morgan fingerprint density at radius 3 is 2.48 bits per heavy atom. The molecule has 0 aromatic rings. The predicted molar refractivity (Wildman–Crippen MR) is 129 cm³/mol. The quantitative estimate of drug-likeness (QED) is 0.270. The molecule has 1 aliphatic carbocycles. The Balaban J connectivity index is 2.78. The summed E-state index contributed by atoms with van der Waals surface area (Å²) in [7, 11) is 0. The number of allylic oxidation sites excluding steroid dienone is 7. The SMILES string of the molecule is C=C/C=C1\C(=C/CC(=C)CC(C)C(C)C(C=C)(CCC)CCC(C)F)CCC1C. The van der Waals surface area contributed by atoms with Crippen molar-refractivity contribution in [3.8, 4) is 0 Å². The van der Waals surface area contributed by atoms with Crippen molar-refractivity contribution in [2.75, 3.05) is 0 Å². The first-order chi connectivity index (χ1) is 13.7. The maximum Gasteiger partial charge on any atom is 0.0973 e. The lowest BCUT2D eigenvalue weighted by Crippen LogP contribution is -2.32. The van der Waals surface area contributed by atoms with Gasteiger partial charge in [0.05, 0.1) is 6.17 Å². The number of alkyl halides is 1. The molecule has 0 saturated heterocycles. The van der Waals surface area contributed by atoms with Gasteiger partial charge in [0, 0.05) is 0 Å². The van der Waals surface area contributed by atoms with E-state index in [-0.39, 0.29) is 5.41 Å². The molecule has 29 heavy (non-hydrogen) atoms. The van der Waals surface area contributed by atoms with Gasteiger partial charge in [-0.3, -0.25) is 0 Å². The third kappa shape index (κ3) is 7.43. The van der Waals surface area contributed by atoms with Crippen LogP contribution in [0.15, 0.2) is 60.8 Å². The van der Waals surface area contributed by atoms with Crippen LogP contribution in [0.4, 0.5) is 4.39 Å². The van der Waals surface area contributed by atoms with Crippen molar-refractivity contribution in [3.05, 3.63) is 60.8 Å². The van der Waals surface area contributed by atoms with Crippen LogP contribution in [0, 0.1) is 23.2 Å². The van der Waals surface area contributed by atoms with Gasteiger partial charge >= 0.3 is 0 Å². The molecule has 0 aromatic carbocycles. The van der Waals surface area contributed by atoms with Crippen LogP contribution in [-0.4, -0.2) is 6.17 Å². The fourth-order valence-electron chi connectivity index (χ4n) is 5.06. The van der Waals surface area contributed by atoms with E-state index in [0.29, 0.717) is 24.2 Å². The summed E-state index contributed by atoms with van der Waals surface area (Å²) in [6.07, 6.45) is 15.9. The summed E-state index contributed by atoms with van der Waals surface area (Å²) in [4.78, 5) is 0. The van der Waals surface area contributed by atoms with E-state index in [2.05, 4.69) is 65.7 Å². The van der Waals surface area contributed by atoms with Crippen LogP contribution in [0.3, 0.4) is 0 Å². The van der Waals surface area contributed by atoms with Crippen LogP contribution in [0.1, 0.15) is 86.0 Å². The summed E-state index contributed by atoms with van der Waals surface area (Å²) < 4.78 is 13.6. The van der Waals surface area contributed by atoms with E-state index >= 15 is 0 Å². The average Bonchev–Trinajstić information content (AvgIpc) is 3.03. The van der Waals surface area contributed by atoms with E-state index in [1.807, 2.05) is 6.08 Å². The standard InChI is InChI=1S/C28H45F/c1-9-12-27-22(5)14-16-26(27)15-13-21(4)20-23(6)25(8)28(11-3,18-10-2)19-17-24(7)29/h9,11-12,15,22-25H,1,3-4,10,13-14,16-20H2,2,5-8H3/b26-15-,27-12-. The van der Waals surface area contributed by atoms with Crippen LogP contribution < -0.4 is 0 Å². The van der Waals surface area contributed by atoms with E-state index in [9.17, 15) is 4.39 Å². The van der Waals surface area contributed by atoms with Crippen molar-refractivity contribution < 1.29 is 4.39 Å². The highest BCUT2D eigenvalue weighted by atomic mass is 19.1. The van der Waals surface area contributed by atoms with Crippen molar-refractivity contribution in [2.24, 2.45) is 23.2 Å². The Morgan fingerprint density at radius 1 is 1.24 bits per heavy atom. The zero-order valence-electron chi connectivity index (χ0n) is 19.8. The van der Waals surface area contributed by atoms with Gasteiger partial charge in [0.2, 0.25) is 0 Å². The van der Waals surface area contributed by atoms with Crippen LogP contribution in [0.2, 0.25) is 0 Å². The molecule has 0 amide bonds. The normalized spacial score (nSPS) is 24.8. The summed E-state index contributed by atoms with van der Waals surface area (Å²) in [5, 5.41) is 0. The lowest BCUT2D eigenvalue weighted by molar-refractivity contribution is 0.134. The molecule has 0 aromatic heterocycles. The van der Waals surface area contributed by atoms with Gasteiger partial charge in [0.25, 0.3) is 0 Å². The van der Waals surface area contributed by atoms with Gasteiger partial charge in [0.15, 0.2) is 0 Å². The highest BCUT2D eigenvalue weighted by Gasteiger charge is 2.35. The largest absolute Gasteiger partial charge is 0.248 e. The van der Waals surface area contributed by atoms with Crippen LogP contribution in [0.25, 0.3) is 0 Å². The zero-order chi connectivity index (χ0) is 22.0. The van der Waals surface area contributed by atoms with Gasteiger partial charge in [-0.2, -0.15) is 0 Å². The van der Waals surface area contributed by atoms with E-state index in [4.69, 9.17) is 0 Å². The van der Waals surface area contributed by atoms with E-state index in [1.54, 1.807) is 6.92 Å². The van der Waals surface area contributed by atoms with Crippen LogP contribution >= 0.6 is 0 Å². The molecule has 5 unspecified atom stereocenters. The number of rotatable bonds is 13. The minimum absolute atomic E-state index is 0.0218. The van der Waals surface area contributed by atoms with Crippen molar-refractivity contribution in [2.45, 2.75) is 92.2 Å². The fraction of sp³-hybridized carbons (Fsp3) is 0.643. The second-order valence-corrected chi connectivity index (χ2v) is 9.46. The summed E-state index contributed by atoms with van der Waals surface area (Å²) >= 11 is 0. The molecule has 1 heteroatoms. The Hall–Kier alpha value is -1.37. The first kappa shape index (κ1) is 25.7. The molecule has 0 radical (unpaired) electrons. The first-order valence-electron chi connectivity index (χ1n) is 11.7. The fourth-order valence-corrected chi connectivity index (χ4v) is 5.06. The molecular weight excluding hydrogens is 355 g/mol. The molecule has 5 atom stereocenters. The van der Waals surface area contributed by atoms with E-state index in [0.717, 1.165) is 38.5 Å². The Bertz CT molecular complexity index is 606. The number of hydrogen-bond donors (Lipinski definition) is 0. The Kier molecular flexibility index (Phi) is 10.9. The predicted octanol–water partition coefficient (Wildman–Crippen LogP) is 9.17. The van der Waals surface area contributed by atoms with Gasteiger partial charge in [-0.15, -0.1) is 6.58 Å². The topological polar surface area (TPSA) is 0 Å². The molecular formula is C28H45F. The molecule has 1 fully saturated rings. The maximum absolute atomic E-state index is 13.6. The van der Waals surface area contributed by atoms with Crippen molar-refractivity contribution in [1.29, 1.82) is 0 Å². The molecule has 0 N–H and O–H groups in total. The molecule has 1 aliphatic rings. The third-order valence-corrected chi connectivity index (χ3v) is 7.18. The van der Waals surface area contributed by atoms with E-state index < -0.39 is 6.17 Å². The lowest BCUT2D eigenvalue weighted by atomic mass is 9.64. The van der Waals surface area contributed by atoms with Gasteiger partial charge < -0.3 is 0 Å². The highest BCUT2D eigenvalue weighted by Crippen LogP contribution is 2.45. The molecule has 0 heterocycles. The second-order valence-electron chi connectivity index (χ2n) is 9.46. The lowest BCUT2D eigenvalue weighted by Gasteiger charge is -2.40. The molecule has 0 nitrogen and oxygen atoms in total. The van der Waals surface area contributed by atoms with Gasteiger partial charge in [-0.1, -0.05) is 77.2 Å². The van der Waals surface area contributed by atoms with Crippen molar-refractivity contribution in [3.63, 3.8) is 0 Å². The third-order valence-electron chi connectivity index (χ3n) is 7.18. The summed E-state index contributed by atoms with van der Waals surface area (Å²) in [5.74, 6) is 1.60.